The van der Waals surface area contributed by atoms with Crippen molar-refractivity contribution in [3.05, 3.63) is 58.0 Å². The molecule has 0 aliphatic carbocycles. The Bertz CT molecular complexity index is 923. The van der Waals surface area contributed by atoms with Crippen LogP contribution < -0.4 is 15.6 Å². The number of fused-ring (bicyclic) bond motifs is 1. The Kier molecular flexibility index (Phi) is 4.02. The molecule has 6 nitrogen and oxygen atoms in total. The molecule has 0 spiro atoms. The lowest BCUT2D eigenvalue weighted by Crippen LogP contribution is -2.26. The van der Waals surface area contributed by atoms with Crippen molar-refractivity contribution < 1.29 is 18.3 Å². The number of hydrogen-bond donors (Lipinski definition) is 1. The van der Waals surface area contributed by atoms with Crippen LogP contribution >= 0.6 is 11.3 Å². The number of alkyl halides is 2. The SMILES string of the molecule is O=C(Nc1ccccc1OC(F)F)c1cnc2sccn2c1=O. The van der Waals surface area contributed by atoms with Crippen LogP contribution in [0, 0.1) is 0 Å². The predicted molar refractivity (Wildman–Crippen MR) is 80.4 cm³/mol. The summed E-state index contributed by atoms with van der Waals surface area (Å²) in [5.74, 6) is -0.950. The van der Waals surface area contributed by atoms with E-state index in [9.17, 15) is 18.4 Å². The summed E-state index contributed by atoms with van der Waals surface area (Å²) in [6.45, 7) is -3.03. The molecule has 0 fully saturated rings. The second-order valence-electron chi connectivity index (χ2n) is 4.36. The third-order valence-corrected chi connectivity index (χ3v) is 3.71. The second kappa shape index (κ2) is 6.13. The van der Waals surface area contributed by atoms with Gasteiger partial charge in [0, 0.05) is 17.8 Å². The minimum Gasteiger partial charge on any atom is -0.433 e. The van der Waals surface area contributed by atoms with Crippen molar-refractivity contribution in [1.82, 2.24) is 9.38 Å². The lowest BCUT2D eigenvalue weighted by molar-refractivity contribution is -0.0493. The van der Waals surface area contributed by atoms with Crippen molar-refractivity contribution in [1.29, 1.82) is 0 Å². The molecule has 0 aliphatic rings. The van der Waals surface area contributed by atoms with Gasteiger partial charge < -0.3 is 10.1 Å². The van der Waals surface area contributed by atoms with E-state index in [-0.39, 0.29) is 17.0 Å². The molecule has 0 saturated carbocycles. The summed E-state index contributed by atoms with van der Waals surface area (Å²) < 4.78 is 30.3. The number of rotatable bonds is 4. The minimum absolute atomic E-state index is 0.0348. The topological polar surface area (TPSA) is 72.7 Å². The second-order valence-corrected chi connectivity index (χ2v) is 5.23. The maximum absolute atomic E-state index is 12.4. The van der Waals surface area contributed by atoms with Crippen LogP contribution in [0.25, 0.3) is 4.96 Å². The molecule has 1 amide bonds. The molecule has 3 rings (SSSR count). The Hall–Kier alpha value is -2.81. The van der Waals surface area contributed by atoms with E-state index in [2.05, 4.69) is 15.0 Å². The highest BCUT2D eigenvalue weighted by Crippen LogP contribution is 2.25. The number of halogens is 2. The van der Waals surface area contributed by atoms with Gasteiger partial charge in [0.05, 0.1) is 5.69 Å². The van der Waals surface area contributed by atoms with Gasteiger partial charge in [0.2, 0.25) is 0 Å². The Balaban J connectivity index is 1.92. The summed E-state index contributed by atoms with van der Waals surface area (Å²) in [7, 11) is 0. The van der Waals surface area contributed by atoms with Gasteiger partial charge in [0.15, 0.2) is 4.96 Å². The van der Waals surface area contributed by atoms with Gasteiger partial charge in [-0.1, -0.05) is 12.1 Å². The van der Waals surface area contributed by atoms with E-state index in [1.165, 1.54) is 40.1 Å². The quantitative estimate of drug-likeness (QED) is 0.794. The minimum atomic E-state index is -3.03. The number of carbonyl (C=O) groups excluding carboxylic acids is 1. The summed E-state index contributed by atoms with van der Waals surface area (Å²) in [5, 5.41) is 4.05. The zero-order valence-electron chi connectivity index (χ0n) is 11.4. The number of nitrogens with zero attached hydrogens (tertiary/aromatic N) is 2. The van der Waals surface area contributed by atoms with Crippen LogP contribution in [0.3, 0.4) is 0 Å². The number of thiazole rings is 1. The Morgan fingerprint density at radius 2 is 2.13 bits per heavy atom. The van der Waals surface area contributed by atoms with Gasteiger partial charge in [-0.05, 0) is 12.1 Å². The zero-order valence-corrected chi connectivity index (χ0v) is 12.2. The van der Waals surface area contributed by atoms with Gasteiger partial charge in [0.25, 0.3) is 11.5 Å². The molecule has 0 unspecified atom stereocenters. The molecule has 1 aromatic carbocycles. The Labute approximate surface area is 132 Å². The summed E-state index contributed by atoms with van der Waals surface area (Å²) in [6, 6.07) is 5.71. The molecule has 3 aromatic rings. The number of carbonyl (C=O) groups is 1. The largest absolute Gasteiger partial charge is 0.433 e. The van der Waals surface area contributed by atoms with Crippen LogP contribution in [-0.4, -0.2) is 21.9 Å². The van der Waals surface area contributed by atoms with Crippen molar-refractivity contribution >= 4 is 27.9 Å². The Morgan fingerprint density at radius 3 is 2.91 bits per heavy atom. The van der Waals surface area contributed by atoms with E-state index in [0.29, 0.717) is 4.96 Å². The lowest BCUT2D eigenvalue weighted by Gasteiger charge is -2.11. The molecular formula is C14H9F2N3O3S. The van der Waals surface area contributed by atoms with Gasteiger partial charge in [-0.2, -0.15) is 8.78 Å². The molecule has 9 heteroatoms. The predicted octanol–water partition coefficient (Wildman–Crippen LogP) is 2.61. The van der Waals surface area contributed by atoms with Crippen molar-refractivity contribution in [3.63, 3.8) is 0 Å². The van der Waals surface area contributed by atoms with Crippen LogP contribution in [-0.2, 0) is 0 Å². The summed E-state index contributed by atoms with van der Waals surface area (Å²) in [4.78, 5) is 28.9. The highest BCUT2D eigenvalue weighted by molar-refractivity contribution is 7.15. The molecule has 1 N–H and O–H groups in total. The van der Waals surface area contributed by atoms with Crippen molar-refractivity contribution in [2.24, 2.45) is 0 Å². The fraction of sp³-hybridized carbons (Fsp3) is 0.0714. The first-order chi connectivity index (χ1) is 11.1. The standard InChI is InChI=1S/C14H9F2N3O3S/c15-13(16)22-10-4-2-1-3-9(10)18-11(20)8-7-17-14-19(12(8)21)5-6-23-14/h1-7,13H,(H,18,20). The molecule has 0 aliphatic heterocycles. The van der Waals surface area contributed by atoms with Crippen LogP contribution in [0.1, 0.15) is 10.4 Å². The highest BCUT2D eigenvalue weighted by atomic mass is 32.1. The molecule has 0 atom stereocenters. The average molecular weight is 337 g/mol. The van der Waals surface area contributed by atoms with Crippen molar-refractivity contribution in [2.75, 3.05) is 5.32 Å². The monoisotopic (exact) mass is 337 g/mol. The normalized spacial score (nSPS) is 10.9. The number of para-hydroxylation sites is 2. The van der Waals surface area contributed by atoms with Crippen LogP contribution in [0.4, 0.5) is 14.5 Å². The van der Waals surface area contributed by atoms with Crippen LogP contribution in [0.5, 0.6) is 5.75 Å². The maximum atomic E-state index is 12.4. The molecule has 2 heterocycles. The third-order valence-electron chi connectivity index (χ3n) is 2.94. The number of ether oxygens (including phenoxy) is 1. The fourth-order valence-electron chi connectivity index (χ4n) is 1.94. The van der Waals surface area contributed by atoms with Crippen LogP contribution in [0.15, 0.2) is 46.8 Å². The molecule has 0 bridgehead atoms. The van der Waals surface area contributed by atoms with Gasteiger partial charge >= 0.3 is 6.61 Å². The van der Waals surface area contributed by atoms with E-state index in [1.54, 1.807) is 11.4 Å². The van der Waals surface area contributed by atoms with E-state index >= 15 is 0 Å². The summed E-state index contributed by atoms with van der Waals surface area (Å²) >= 11 is 1.25. The van der Waals surface area contributed by atoms with E-state index in [0.717, 1.165) is 6.20 Å². The number of hydrogen-bond acceptors (Lipinski definition) is 5. The summed E-state index contributed by atoms with van der Waals surface area (Å²) in [6.07, 6.45) is 2.65. The Morgan fingerprint density at radius 1 is 1.35 bits per heavy atom. The van der Waals surface area contributed by atoms with E-state index in [4.69, 9.17) is 0 Å². The number of nitrogens with one attached hydrogen (secondary N) is 1. The first-order valence-corrected chi connectivity index (χ1v) is 7.24. The van der Waals surface area contributed by atoms with Crippen molar-refractivity contribution in [2.45, 2.75) is 6.61 Å². The molecule has 0 radical (unpaired) electrons. The number of aromatic nitrogens is 2. The van der Waals surface area contributed by atoms with E-state index in [1.807, 2.05) is 0 Å². The van der Waals surface area contributed by atoms with E-state index < -0.39 is 18.1 Å². The highest BCUT2D eigenvalue weighted by Gasteiger charge is 2.16. The van der Waals surface area contributed by atoms with Gasteiger partial charge in [-0.3, -0.25) is 14.0 Å². The smallest absolute Gasteiger partial charge is 0.387 e. The molecule has 2 aromatic heterocycles. The van der Waals surface area contributed by atoms with Gasteiger partial charge in [0.1, 0.15) is 11.3 Å². The van der Waals surface area contributed by atoms with Gasteiger partial charge in [-0.25, -0.2) is 4.98 Å². The molecular weight excluding hydrogens is 328 g/mol. The number of amides is 1. The molecule has 23 heavy (non-hydrogen) atoms. The molecule has 0 saturated heterocycles. The maximum Gasteiger partial charge on any atom is 0.387 e. The third kappa shape index (κ3) is 3.04. The number of benzene rings is 1. The fourth-order valence-corrected chi connectivity index (χ4v) is 2.61. The summed E-state index contributed by atoms with van der Waals surface area (Å²) in [5.41, 5.74) is -0.707. The van der Waals surface area contributed by atoms with Crippen LogP contribution in [0.2, 0.25) is 0 Å². The zero-order chi connectivity index (χ0) is 16.4. The first-order valence-electron chi connectivity index (χ1n) is 6.36. The number of anilines is 1. The lowest BCUT2D eigenvalue weighted by atomic mass is 10.2. The first kappa shape index (κ1) is 15.1. The molecule has 118 valence electrons. The average Bonchev–Trinajstić information content (AvgIpc) is 2.98. The van der Waals surface area contributed by atoms with Gasteiger partial charge in [-0.15, -0.1) is 11.3 Å². The van der Waals surface area contributed by atoms with Crippen molar-refractivity contribution in [3.8, 4) is 5.75 Å².